The van der Waals surface area contributed by atoms with Crippen LogP contribution in [0.25, 0.3) is 0 Å². The van der Waals surface area contributed by atoms with Gasteiger partial charge in [-0.25, -0.2) is 5.10 Å². The first-order valence-electron chi connectivity index (χ1n) is 3.80. The average Bonchev–Trinajstić information content (AvgIpc) is 2.57. The summed E-state index contributed by atoms with van der Waals surface area (Å²) in [5.74, 6) is -1.02. The number of rotatable bonds is 2. The van der Waals surface area contributed by atoms with Gasteiger partial charge in [-0.3, -0.25) is 0 Å². The van der Waals surface area contributed by atoms with Gasteiger partial charge in [0.15, 0.2) is 0 Å². The molecule has 2 unspecified atom stereocenters. The molecule has 3 nitrogen and oxygen atoms in total. The first-order valence-corrected chi connectivity index (χ1v) is 3.80. The molecule has 1 aliphatic carbocycles. The van der Waals surface area contributed by atoms with Gasteiger partial charge in [0.1, 0.15) is 6.10 Å². The third-order valence-electron chi connectivity index (χ3n) is 1.91. The van der Waals surface area contributed by atoms with E-state index in [2.05, 4.69) is 10.2 Å². The Bertz CT molecular complexity index is 282. The van der Waals surface area contributed by atoms with Crippen LogP contribution in [0, 0.1) is 5.92 Å². The monoisotopic (exact) mass is 192 g/mol. The standard InChI is InChI=1S/C7H7F3N2O/c8-7(9,10)4-3-5(4)13-6-1-2-11-12-6/h1-2,4-5H,3H2,(H,11,12). The van der Waals surface area contributed by atoms with Gasteiger partial charge in [-0.2, -0.15) is 18.3 Å². The van der Waals surface area contributed by atoms with Gasteiger partial charge in [-0.15, -0.1) is 0 Å². The number of hydrogen-bond acceptors (Lipinski definition) is 2. The molecular weight excluding hydrogens is 185 g/mol. The summed E-state index contributed by atoms with van der Waals surface area (Å²) in [6, 6.07) is 1.49. The summed E-state index contributed by atoms with van der Waals surface area (Å²) in [7, 11) is 0. The van der Waals surface area contributed by atoms with Crippen LogP contribution in [0.2, 0.25) is 0 Å². The summed E-state index contributed by atoms with van der Waals surface area (Å²) >= 11 is 0. The number of aromatic nitrogens is 2. The zero-order chi connectivity index (χ0) is 9.47. The number of alkyl halides is 3. The normalized spacial score (nSPS) is 27.3. The molecule has 1 N–H and O–H groups in total. The fourth-order valence-electron chi connectivity index (χ4n) is 1.12. The quantitative estimate of drug-likeness (QED) is 0.774. The van der Waals surface area contributed by atoms with Crippen LogP contribution in [0.4, 0.5) is 13.2 Å². The fraction of sp³-hybridized carbons (Fsp3) is 0.571. The van der Waals surface area contributed by atoms with Crippen LogP contribution in [-0.4, -0.2) is 22.5 Å². The predicted octanol–water partition coefficient (Wildman–Crippen LogP) is 1.74. The summed E-state index contributed by atoms with van der Waals surface area (Å²) in [6.07, 6.45) is -3.39. The molecule has 1 saturated carbocycles. The zero-order valence-corrected chi connectivity index (χ0v) is 6.51. The second-order valence-electron chi connectivity index (χ2n) is 2.96. The highest BCUT2D eigenvalue weighted by Gasteiger charge is 2.57. The molecular formula is C7H7F3N2O. The Kier molecular flexibility index (Phi) is 1.71. The minimum atomic E-state index is -4.13. The highest BCUT2D eigenvalue weighted by atomic mass is 19.4. The third-order valence-corrected chi connectivity index (χ3v) is 1.91. The summed E-state index contributed by atoms with van der Waals surface area (Å²) in [5, 5.41) is 6.00. The van der Waals surface area contributed by atoms with Crippen LogP contribution in [0.15, 0.2) is 12.3 Å². The van der Waals surface area contributed by atoms with Crippen molar-refractivity contribution in [1.29, 1.82) is 0 Å². The Morgan fingerprint density at radius 2 is 2.31 bits per heavy atom. The lowest BCUT2D eigenvalue weighted by atomic mass is 10.4. The third kappa shape index (κ3) is 1.76. The van der Waals surface area contributed by atoms with Gasteiger partial charge in [0.05, 0.1) is 12.1 Å². The summed E-state index contributed by atoms with van der Waals surface area (Å²) in [5.41, 5.74) is 0. The van der Waals surface area contributed by atoms with Crippen LogP contribution in [0.5, 0.6) is 5.88 Å². The Labute approximate surface area is 71.9 Å². The van der Waals surface area contributed by atoms with E-state index in [-0.39, 0.29) is 12.3 Å². The summed E-state index contributed by atoms with van der Waals surface area (Å²) in [6.45, 7) is 0. The van der Waals surface area contributed by atoms with Gasteiger partial charge in [-0.1, -0.05) is 0 Å². The van der Waals surface area contributed by atoms with Crippen molar-refractivity contribution >= 4 is 0 Å². The molecule has 1 aliphatic rings. The molecule has 0 aromatic carbocycles. The maximum atomic E-state index is 12.0. The molecule has 6 heteroatoms. The number of hydrogen-bond donors (Lipinski definition) is 1. The molecule has 1 heterocycles. The van der Waals surface area contributed by atoms with Gasteiger partial charge in [0, 0.05) is 6.07 Å². The number of nitrogens with one attached hydrogen (secondary N) is 1. The average molecular weight is 192 g/mol. The minimum Gasteiger partial charge on any atom is -0.474 e. The predicted molar refractivity (Wildman–Crippen MR) is 37.2 cm³/mol. The van der Waals surface area contributed by atoms with Gasteiger partial charge >= 0.3 is 6.18 Å². The van der Waals surface area contributed by atoms with Crippen molar-refractivity contribution < 1.29 is 17.9 Å². The molecule has 0 radical (unpaired) electrons. The van der Waals surface area contributed by atoms with Crippen molar-refractivity contribution in [3.63, 3.8) is 0 Å². The molecule has 0 amide bonds. The molecule has 1 fully saturated rings. The molecule has 0 saturated heterocycles. The van der Waals surface area contributed by atoms with Gasteiger partial charge < -0.3 is 4.74 Å². The van der Waals surface area contributed by atoms with Crippen molar-refractivity contribution in [3.05, 3.63) is 12.3 Å². The Morgan fingerprint density at radius 3 is 2.77 bits per heavy atom. The van der Waals surface area contributed by atoms with Crippen LogP contribution in [0.3, 0.4) is 0 Å². The van der Waals surface area contributed by atoms with Crippen LogP contribution < -0.4 is 4.74 Å². The van der Waals surface area contributed by atoms with Crippen LogP contribution in [0.1, 0.15) is 6.42 Å². The molecule has 72 valence electrons. The van der Waals surface area contributed by atoms with Crippen molar-refractivity contribution in [2.24, 2.45) is 5.92 Å². The molecule has 2 atom stereocenters. The zero-order valence-electron chi connectivity index (χ0n) is 6.51. The minimum absolute atomic E-state index is 0.0442. The molecule has 2 rings (SSSR count). The second kappa shape index (κ2) is 2.65. The fourth-order valence-corrected chi connectivity index (χ4v) is 1.12. The summed E-state index contributed by atoms with van der Waals surface area (Å²) < 4.78 is 41.0. The maximum Gasteiger partial charge on any atom is 0.395 e. The lowest BCUT2D eigenvalue weighted by Crippen LogP contribution is -2.16. The van der Waals surface area contributed by atoms with Crippen molar-refractivity contribution in [2.45, 2.75) is 18.7 Å². The molecule has 0 spiro atoms. The van der Waals surface area contributed by atoms with E-state index in [0.717, 1.165) is 0 Å². The number of H-pyrrole nitrogens is 1. The second-order valence-corrected chi connectivity index (χ2v) is 2.96. The first kappa shape index (κ1) is 8.40. The molecule has 0 aliphatic heterocycles. The smallest absolute Gasteiger partial charge is 0.395 e. The molecule has 0 bridgehead atoms. The molecule has 13 heavy (non-hydrogen) atoms. The van der Waals surface area contributed by atoms with Crippen molar-refractivity contribution in [3.8, 4) is 5.88 Å². The number of nitrogens with zero attached hydrogens (tertiary/aromatic N) is 1. The van der Waals surface area contributed by atoms with E-state index in [1.54, 1.807) is 0 Å². The van der Waals surface area contributed by atoms with E-state index in [4.69, 9.17) is 4.74 Å². The Morgan fingerprint density at radius 1 is 1.54 bits per heavy atom. The highest BCUT2D eigenvalue weighted by molar-refractivity contribution is 5.08. The highest BCUT2D eigenvalue weighted by Crippen LogP contribution is 2.46. The Balaban J connectivity index is 1.88. The van der Waals surface area contributed by atoms with Gasteiger partial charge in [-0.05, 0) is 6.42 Å². The van der Waals surface area contributed by atoms with Gasteiger partial charge in [0.2, 0.25) is 5.88 Å². The van der Waals surface area contributed by atoms with E-state index in [0.29, 0.717) is 0 Å². The van der Waals surface area contributed by atoms with E-state index in [9.17, 15) is 13.2 Å². The van der Waals surface area contributed by atoms with E-state index >= 15 is 0 Å². The van der Waals surface area contributed by atoms with E-state index < -0.39 is 18.2 Å². The van der Waals surface area contributed by atoms with Crippen LogP contribution in [-0.2, 0) is 0 Å². The molecule has 1 aromatic heterocycles. The topological polar surface area (TPSA) is 37.9 Å². The lowest BCUT2D eigenvalue weighted by molar-refractivity contribution is -0.153. The first-order chi connectivity index (χ1) is 6.07. The Hall–Kier alpha value is -1.20. The van der Waals surface area contributed by atoms with Crippen LogP contribution >= 0.6 is 0 Å². The SMILES string of the molecule is FC(F)(F)C1CC1Oc1ccn[nH]1. The summed E-state index contributed by atoms with van der Waals surface area (Å²) in [4.78, 5) is 0. The van der Waals surface area contributed by atoms with Crippen molar-refractivity contribution in [2.75, 3.05) is 0 Å². The van der Waals surface area contributed by atoms with Gasteiger partial charge in [0.25, 0.3) is 0 Å². The van der Waals surface area contributed by atoms with E-state index in [1.807, 2.05) is 0 Å². The maximum absolute atomic E-state index is 12.0. The van der Waals surface area contributed by atoms with E-state index in [1.165, 1.54) is 12.3 Å². The lowest BCUT2D eigenvalue weighted by Gasteiger charge is -2.05. The number of aromatic amines is 1. The molecule has 1 aromatic rings. The largest absolute Gasteiger partial charge is 0.474 e. The number of ether oxygens (including phenoxy) is 1. The number of halogens is 3. The van der Waals surface area contributed by atoms with Crippen molar-refractivity contribution in [1.82, 2.24) is 10.2 Å².